The molecule has 0 fully saturated rings. The van der Waals surface area contributed by atoms with E-state index in [1.54, 1.807) is 0 Å². The Morgan fingerprint density at radius 1 is 1.21 bits per heavy atom. The van der Waals surface area contributed by atoms with Crippen LogP contribution in [-0.4, -0.2) is 16.2 Å². The van der Waals surface area contributed by atoms with Gasteiger partial charge in [0.05, 0.1) is 0 Å². The van der Waals surface area contributed by atoms with Crippen molar-refractivity contribution in [3.8, 4) is 6.07 Å². The van der Waals surface area contributed by atoms with Gasteiger partial charge in [-0.05, 0) is 11.8 Å². The van der Waals surface area contributed by atoms with Crippen molar-refractivity contribution in [1.29, 1.82) is 5.26 Å². The van der Waals surface area contributed by atoms with Crippen LogP contribution >= 0.6 is 23.5 Å². The lowest BCUT2D eigenvalue weighted by molar-refractivity contribution is 0.961. The number of nitrogen functional groups attached to an aromatic ring is 1. The summed E-state index contributed by atoms with van der Waals surface area (Å²) in [7, 11) is 0. The molecule has 2 rings (SSSR count). The van der Waals surface area contributed by atoms with Gasteiger partial charge in [0, 0.05) is 5.75 Å². The summed E-state index contributed by atoms with van der Waals surface area (Å²) in [5, 5.41) is 10.5. The molecular formula is C13H12N4S2. The summed E-state index contributed by atoms with van der Waals surface area (Å²) in [5.41, 5.74) is 7.35. The van der Waals surface area contributed by atoms with Crippen molar-refractivity contribution in [3.05, 3.63) is 41.5 Å². The topological polar surface area (TPSA) is 75.6 Å². The summed E-state index contributed by atoms with van der Waals surface area (Å²) in [5.74, 6) is 0.957. The summed E-state index contributed by atoms with van der Waals surface area (Å²) >= 11 is 2.90. The number of nitrogens with zero attached hydrogens (tertiary/aromatic N) is 3. The molecule has 96 valence electrons. The predicted molar refractivity (Wildman–Crippen MR) is 78.9 cm³/mol. The minimum atomic E-state index is 0.207. The van der Waals surface area contributed by atoms with Gasteiger partial charge in [-0.25, -0.2) is 9.97 Å². The standard InChI is InChI=1S/C13H12N4S2/c1-18-11-10(7-14)12(17-13(15)16-11)19-8-9-5-3-2-4-6-9/h2-6H,8H2,1H3,(H2,15,16,17). The van der Waals surface area contributed by atoms with Crippen LogP contribution in [0.1, 0.15) is 11.1 Å². The molecule has 0 spiro atoms. The normalized spacial score (nSPS) is 10.1. The Labute approximate surface area is 120 Å². The number of nitriles is 1. The molecule has 1 heterocycles. The molecule has 0 unspecified atom stereocenters. The van der Waals surface area contributed by atoms with E-state index in [0.717, 1.165) is 5.75 Å². The van der Waals surface area contributed by atoms with Crippen LogP contribution in [0.5, 0.6) is 0 Å². The molecule has 0 aliphatic heterocycles. The SMILES string of the molecule is CSc1nc(N)nc(SCc2ccccc2)c1C#N. The smallest absolute Gasteiger partial charge is 0.222 e. The van der Waals surface area contributed by atoms with Gasteiger partial charge in [0.2, 0.25) is 5.95 Å². The van der Waals surface area contributed by atoms with Crippen LogP contribution < -0.4 is 5.73 Å². The molecule has 0 saturated carbocycles. The van der Waals surface area contributed by atoms with E-state index in [4.69, 9.17) is 5.73 Å². The summed E-state index contributed by atoms with van der Waals surface area (Å²) in [6.07, 6.45) is 1.87. The monoisotopic (exact) mass is 288 g/mol. The third kappa shape index (κ3) is 3.40. The second-order valence-electron chi connectivity index (χ2n) is 3.66. The van der Waals surface area contributed by atoms with Crippen molar-refractivity contribution in [1.82, 2.24) is 9.97 Å². The maximum Gasteiger partial charge on any atom is 0.222 e. The van der Waals surface area contributed by atoms with E-state index in [-0.39, 0.29) is 5.95 Å². The second-order valence-corrected chi connectivity index (χ2v) is 5.42. The molecule has 6 heteroatoms. The molecule has 1 aromatic heterocycles. The number of hydrogen-bond acceptors (Lipinski definition) is 6. The van der Waals surface area contributed by atoms with Crippen LogP contribution in [0.3, 0.4) is 0 Å². The van der Waals surface area contributed by atoms with E-state index in [1.165, 1.54) is 29.1 Å². The first kappa shape index (κ1) is 13.7. The van der Waals surface area contributed by atoms with Gasteiger partial charge in [-0.3, -0.25) is 0 Å². The highest BCUT2D eigenvalue weighted by Gasteiger charge is 2.13. The van der Waals surface area contributed by atoms with Crippen LogP contribution in [0.4, 0.5) is 5.95 Å². The number of hydrogen-bond donors (Lipinski definition) is 1. The fourth-order valence-corrected chi connectivity index (χ4v) is 3.05. The van der Waals surface area contributed by atoms with E-state index in [0.29, 0.717) is 15.6 Å². The quantitative estimate of drug-likeness (QED) is 0.688. The van der Waals surface area contributed by atoms with Gasteiger partial charge in [-0.1, -0.05) is 30.3 Å². The van der Waals surface area contributed by atoms with Crippen LogP contribution in [0, 0.1) is 11.3 Å². The number of rotatable bonds is 4. The fourth-order valence-electron chi connectivity index (χ4n) is 1.51. The van der Waals surface area contributed by atoms with Crippen LogP contribution in [0.15, 0.2) is 40.4 Å². The largest absolute Gasteiger partial charge is 0.368 e. The van der Waals surface area contributed by atoms with Gasteiger partial charge < -0.3 is 5.73 Å². The number of benzene rings is 1. The van der Waals surface area contributed by atoms with Crippen molar-refractivity contribution in [2.75, 3.05) is 12.0 Å². The molecule has 0 amide bonds. The Hall–Kier alpha value is -1.71. The van der Waals surface area contributed by atoms with Crippen LogP contribution in [0.2, 0.25) is 0 Å². The number of thioether (sulfide) groups is 2. The van der Waals surface area contributed by atoms with E-state index in [9.17, 15) is 5.26 Å². The van der Waals surface area contributed by atoms with Crippen LogP contribution in [0.25, 0.3) is 0 Å². The Kier molecular flexibility index (Phi) is 4.66. The number of nitrogens with two attached hydrogens (primary N) is 1. The predicted octanol–water partition coefficient (Wildman–Crippen LogP) is 2.94. The highest BCUT2D eigenvalue weighted by molar-refractivity contribution is 7.99. The molecule has 0 aliphatic carbocycles. The lowest BCUT2D eigenvalue weighted by atomic mass is 10.2. The Morgan fingerprint density at radius 3 is 2.53 bits per heavy atom. The zero-order valence-electron chi connectivity index (χ0n) is 10.3. The first-order chi connectivity index (χ1) is 9.24. The zero-order valence-corrected chi connectivity index (χ0v) is 12.0. The van der Waals surface area contributed by atoms with E-state index < -0.39 is 0 Å². The summed E-state index contributed by atoms with van der Waals surface area (Å²) in [4.78, 5) is 8.23. The summed E-state index contributed by atoms with van der Waals surface area (Å²) in [6, 6.07) is 12.2. The minimum absolute atomic E-state index is 0.207. The summed E-state index contributed by atoms with van der Waals surface area (Å²) < 4.78 is 0. The molecular weight excluding hydrogens is 276 g/mol. The van der Waals surface area contributed by atoms with Crippen molar-refractivity contribution >= 4 is 29.5 Å². The highest BCUT2D eigenvalue weighted by Crippen LogP contribution is 2.29. The molecule has 0 bridgehead atoms. The first-order valence-corrected chi connectivity index (χ1v) is 7.74. The van der Waals surface area contributed by atoms with Gasteiger partial charge in [0.15, 0.2) is 0 Å². The molecule has 2 N–H and O–H groups in total. The van der Waals surface area contributed by atoms with Crippen molar-refractivity contribution in [2.24, 2.45) is 0 Å². The molecule has 4 nitrogen and oxygen atoms in total. The maximum absolute atomic E-state index is 9.22. The van der Waals surface area contributed by atoms with Gasteiger partial charge in [0.25, 0.3) is 0 Å². The first-order valence-electron chi connectivity index (χ1n) is 5.53. The lowest BCUT2D eigenvalue weighted by Gasteiger charge is -2.07. The molecule has 0 aliphatic rings. The number of anilines is 1. The third-order valence-corrected chi connectivity index (χ3v) is 4.11. The molecule has 2 aromatic rings. The van der Waals surface area contributed by atoms with Gasteiger partial charge in [-0.2, -0.15) is 5.26 Å². The van der Waals surface area contributed by atoms with Gasteiger partial charge in [0.1, 0.15) is 21.7 Å². The minimum Gasteiger partial charge on any atom is -0.368 e. The van der Waals surface area contributed by atoms with Crippen molar-refractivity contribution in [2.45, 2.75) is 15.8 Å². The van der Waals surface area contributed by atoms with E-state index in [1.807, 2.05) is 36.6 Å². The average Bonchev–Trinajstić information content (AvgIpc) is 2.45. The molecule has 0 saturated heterocycles. The molecule has 1 aromatic carbocycles. The van der Waals surface area contributed by atoms with Crippen LogP contribution in [-0.2, 0) is 5.75 Å². The van der Waals surface area contributed by atoms with E-state index >= 15 is 0 Å². The highest BCUT2D eigenvalue weighted by atomic mass is 32.2. The molecule has 19 heavy (non-hydrogen) atoms. The maximum atomic E-state index is 9.22. The molecule has 0 atom stereocenters. The van der Waals surface area contributed by atoms with Gasteiger partial charge >= 0.3 is 0 Å². The summed E-state index contributed by atoms with van der Waals surface area (Å²) in [6.45, 7) is 0. The Bertz CT molecular complexity index is 608. The average molecular weight is 288 g/mol. The van der Waals surface area contributed by atoms with Crippen molar-refractivity contribution < 1.29 is 0 Å². The second kappa shape index (κ2) is 6.45. The number of aromatic nitrogens is 2. The lowest BCUT2D eigenvalue weighted by Crippen LogP contribution is -2.01. The van der Waals surface area contributed by atoms with E-state index in [2.05, 4.69) is 16.0 Å². The fraction of sp³-hybridized carbons (Fsp3) is 0.154. The van der Waals surface area contributed by atoms with Crippen molar-refractivity contribution in [3.63, 3.8) is 0 Å². The zero-order chi connectivity index (χ0) is 13.7. The van der Waals surface area contributed by atoms with Gasteiger partial charge in [-0.15, -0.1) is 23.5 Å². The third-order valence-electron chi connectivity index (χ3n) is 2.38. The Morgan fingerprint density at radius 2 is 1.89 bits per heavy atom. The molecule has 0 radical (unpaired) electrons. The Balaban J connectivity index is 2.25.